The zero-order valence-corrected chi connectivity index (χ0v) is 29.1. The highest BCUT2D eigenvalue weighted by atomic mass is 32.2. The molecular weight excluding hydrogens is 709 g/mol. The van der Waals surface area contributed by atoms with Gasteiger partial charge in [0.2, 0.25) is 15.9 Å². The number of carboxylic acid groups (broad SMARTS) is 1. The van der Waals surface area contributed by atoms with Crippen LogP contribution < -0.4 is 15.2 Å². The Morgan fingerprint density at radius 3 is 2.00 bits per heavy atom. The second-order valence-electron chi connectivity index (χ2n) is 13.6. The summed E-state index contributed by atoms with van der Waals surface area (Å²) in [4.78, 5) is 24.2. The fourth-order valence-electron chi connectivity index (χ4n) is 7.22. The minimum atomic E-state index is -5.08. The molecule has 3 aliphatic rings. The number of fused-ring (bicyclic) bond motifs is 2. The number of rotatable bonds is 10. The number of hydrogen-bond donors (Lipinski definition) is 3. The number of piperidine rings is 1. The topological polar surface area (TPSA) is 139 Å². The molecule has 1 aliphatic carbocycles. The first-order chi connectivity index (χ1) is 24.6. The number of nitrogens with two attached hydrogens (primary N) is 1. The van der Waals surface area contributed by atoms with Crippen LogP contribution >= 0.6 is 0 Å². The van der Waals surface area contributed by atoms with E-state index in [0.717, 1.165) is 18.4 Å². The van der Waals surface area contributed by atoms with Crippen molar-refractivity contribution in [3.63, 3.8) is 0 Å². The Hall–Kier alpha value is -4.08. The first kappa shape index (κ1) is 39.1. The first-order valence-corrected chi connectivity index (χ1v) is 18.7. The number of carbonyl (C=O) groups excluding carboxylic acids is 1. The fourth-order valence-corrected chi connectivity index (χ4v) is 8.41. The predicted octanol–water partition coefficient (Wildman–Crippen LogP) is 6.87. The van der Waals surface area contributed by atoms with Gasteiger partial charge in [-0.2, -0.15) is 26.7 Å². The number of amides is 1. The number of carbonyl (C=O) groups is 2. The van der Waals surface area contributed by atoms with Crippen LogP contribution in [0.25, 0.3) is 11.1 Å². The molecule has 9 nitrogen and oxygen atoms in total. The van der Waals surface area contributed by atoms with Gasteiger partial charge >= 0.3 is 12.1 Å². The predicted molar refractivity (Wildman–Crippen MR) is 183 cm³/mol. The van der Waals surface area contributed by atoms with E-state index < -0.39 is 45.6 Å². The molecule has 3 aromatic carbocycles. The third-order valence-corrected chi connectivity index (χ3v) is 11.3. The van der Waals surface area contributed by atoms with E-state index >= 15 is 8.78 Å². The van der Waals surface area contributed by atoms with E-state index in [1.165, 1.54) is 66.6 Å². The van der Waals surface area contributed by atoms with E-state index in [-0.39, 0.29) is 23.0 Å². The summed E-state index contributed by atoms with van der Waals surface area (Å²) in [7, 11) is -4.53. The first-order valence-electron chi connectivity index (χ1n) is 17.2. The summed E-state index contributed by atoms with van der Waals surface area (Å²) >= 11 is 0. The van der Waals surface area contributed by atoms with Crippen LogP contribution in [0, 0.1) is 5.92 Å². The van der Waals surface area contributed by atoms with Gasteiger partial charge in [-0.25, -0.2) is 13.2 Å². The Bertz CT molecular complexity index is 1770. The minimum absolute atomic E-state index is 0.122. The number of carboxylic acids is 1. The van der Waals surface area contributed by atoms with Gasteiger partial charge in [-0.15, -0.1) is 0 Å². The normalized spacial score (nSPS) is 21.5. The summed E-state index contributed by atoms with van der Waals surface area (Å²) in [5.41, 5.74) is 7.01. The lowest BCUT2D eigenvalue weighted by Crippen LogP contribution is -2.60. The van der Waals surface area contributed by atoms with Crippen molar-refractivity contribution < 1.29 is 49.8 Å². The molecule has 282 valence electrons. The van der Waals surface area contributed by atoms with Gasteiger partial charge in [0.25, 0.3) is 5.92 Å². The van der Waals surface area contributed by atoms with E-state index in [1.54, 1.807) is 18.2 Å². The van der Waals surface area contributed by atoms with Crippen molar-refractivity contribution in [3.8, 4) is 16.9 Å². The van der Waals surface area contributed by atoms with Gasteiger partial charge in [0.15, 0.2) is 6.04 Å². The molecule has 3 aromatic rings. The van der Waals surface area contributed by atoms with Crippen LogP contribution in [0.5, 0.6) is 5.75 Å². The van der Waals surface area contributed by atoms with Crippen molar-refractivity contribution in [3.05, 3.63) is 84.4 Å². The largest absolute Gasteiger partial charge is 0.493 e. The molecule has 1 saturated carbocycles. The zero-order valence-electron chi connectivity index (χ0n) is 28.3. The van der Waals surface area contributed by atoms with Crippen molar-refractivity contribution in [2.24, 2.45) is 11.7 Å². The van der Waals surface area contributed by atoms with E-state index in [1.807, 2.05) is 18.2 Å². The van der Waals surface area contributed by atoms with Crippen LogP contribution in [0.4, 0.5) is 22.0 Å². The number of hydrogen-bond acceptors (Lipinski definition) is 6. The zero-order chi connectivity index (χ0) is 37.7. The second kappa shape index (κ2) is 16.3. The molecule has 52 heavy (non-hydrogen) atoms. The molecule has 0 aromatic heterocycles. The summed E-state index contributed by atoms with van der Waals surface area (Å²) in [5, 5.41) is 7.12. The van der Waals surface area contributed by atoms with Crippen LogP contribution in [0.2, 0.25) is 0 Å². The van der Waals surface area contributed by atoms with Crippen LogP contribution in [-0.2, 0) is 25.5 Å². The SMILES string of the molecule is NC1CC2CCC(C1)N2C(=O)[C@H](NS(=O)(=O)c1ccc(OCC2CCCCC2)cc1)C(F)(F)c1cccc(-c2ccccc2)c1.O=C(O)C(F)(F)F. The van der Waals surface area contributed by atoms with Crippen molar-refractivity contribution in [2.45, 2.75) is 98.9 Å². The van der Waals surface area contributed by atoms with Crippen LogP contribution in [-0.4, -0.2) is 67.3 Å². The lowest BCUT2D eigenvalue weighted by molar-refractivity contribution is -0.192. The van der Waals surface area contributed by atoms with Gasteiger partial charge in [0.1, 0.15) is 5.75 Å². The van der Waals surface area contributed by atoms with Gasteiger partial charge in [-0.3, -0.25) is 4.79 Å². The number of aliphatic carboxylic acids is 1. The third-order valence-electron chi connectivity index (χ3n) is 9.85. The molecule has 2 unspecified atom stereocenters. The monoisotopic (exact) mass is 751 g/mol. The van der Waals surface area contributed by atoms with Gasteiger partial charge in [0, 0.05) is 23.7 Å². The minimum Gasteiger partial charge on any atom is -0.493 e. The average Bonchev–Trinajstić information content (AvgIpc) is 3.40. The van der Waals surface area contributed by atoms with Crippen LogP contribution in [0.3, 0.4) is 0 Å². The highest BCUT2D eigenvalue weighted by Crippen LogP contribution is 2.40. The summed E-state index contributed by atoms with van der Waals surface area (Å²) in [6, 6.07) is 17.5. The summed E-state index contributed by atoms with van der Waals surface area (Å²) in [6.45, 7) is 0.553. The number of alkyl halides is 5. The molecule has 4 N–H and O–H groups in total. The maximum atomic E-state index is 16.6. The van der Waals surface area contributed by atoms with Crippen molar-refractivity contribution in [1.82, 2.24) is 9.62 Å². The second-order valence-corrected chi connectivity index (χ2v) is 15.3. The molecule has 1 amide bonds. The number of halogens is 5. The van der Waals surface area contributed by atoms with Crippen LogP contribution in [0.15, 0.2) is 83.8 Å². The Balaban J connectivity index is 0.000000679. The Morgan fingerprint density at radius 1 is 0.846 bits per heavy atom. The number of nitrogens with one attached hydrogen (secondary N) is 1. The van der Waals surface area contributed by atoms with E-state index in [0.29, 0.717) is 49.5 Å². The van der Waals surface area contributed by atoms with Crippen molar-refractivity contribution in [1.29, 1.82) is 0 Å². The van der Waals surface area contributed by atoms with Gasteiger partial charge in [-0.1, -0.05) is 67.8 Å². The molecule has 0 radical (unpaired) electrons. The van der Waals surface area contributed by atoms with Gasteiger partial charge in [-0.05, 0) is 85.9 Å². The molecule has 2 heterocycles. The van der Waals surface area contributed by atoms with Crippen molar-refractivity contribution >= 4 is 21.9 Å². The highest BCUT2D eigenvalue weighted by Gasteiger charge is 2.53. The molecule has 2 saturated heterocycles. The Labute approximate surface area is 299 Å². The maximum absolute atomic E-state index is 16.6. The molecule has 15 heteroatoms. The van der Waals surface area contributed by atoms with Gasteiger partial charge in [0.05, 0.1) is 11.5 Å². The van der Waals surface area contributed by atoms with Gasteiger partial charge < -0.3 is 20.5 Å². The summed E-state index contributed by atoms with van der Waals surface area (Å²) < 4.78 is 100. The summed E-state index contributed by atoms with van der Waals surface area (Å²) in [6.07, 6.45) is 3.05. The third kappa shape index (κ3) is 9.47. The van der Waals surface area contributed by atoms with E-state index in [2.05, 4.69) is 4.72 Å². The van der Waals surface area contributed by atoms with E-state index in [9.17, 15) is 26.4 Å². The molecule has 2 aliphatic heterocycles. The number of ether oxygens (including phenoxy) is 1. The molecule has 6 rings (SSSR count). The lowest BCUT2D eigenvalue weighted by atomic mass is 9.90. The van der Waals surface area contributed by atoms with Crippen molar-refractivity contribution in [2.75, 3.05) is 6.61 Å². The number of nitrogens with zero attached hydrogens (tertiary/aromatic N) is 1. The molecule has 2 bridgehead atoms. The Morgan fingerprint density at radius 2 is 1.42 bits per heavy atom. The number of sulfonamides is 1. The maximum Gasteiger partial charge on any atom is 0.490 e. The van der Waals surface area contributed by atoms with Crippen LogP contribution in [0.1, 0.15) is 63.4 Å². The molecule has 3 atom stereocenters. The molecule has 0 spiro atoms. The summed E-state index contributed by atoms with van der Waals surface area (Å²) in [5.74, 6) is -6.57. The lowest BCUT2D eigenvalue weighted by Gasteiger charge is -2.41. The smallest absolute Gasteiger partial charge is 0.490 e. The molecule has 3 fully saturated rings. The average molecular weight is 752 g/mol. The van der Waals surface area contributed by atoms with E-state index in [4.69, 9.17) is 20.4 Å². The highest BCUT2D eigenvalue weighted by molar-refractivity contribution is 7.89. The Kier molecular flexibility index (Phi) is 12.3. The number of benzene rings is 3. The fraction of sp³-hybridized carbons (Fsp3) is 0.459. The standard InChI is InChI=1S/C35H41F2N3O4S.C2HF3O2/c36-35(37,27-13-7-12-26(20-27)25-10-5-2-6-11-25)33(34(41)40-29-14-15-30(40)22-28(38)21-29)39-45(42,43)32-18-16-31(17-19-32)44-23-24-8-3-1-4-9-24;3-2(4,5)1(6)7/h2,5-7,10-13,16-20,24,28-30,33,39H,1,3-4,8-9,14-15,21-23,38H2;(H,6,7)/t28?,29?,30?,33-;/m0./s1. The molecular formula is C37H42F5N3O6S. The quantitative estimate of drug-likeness (QED) is 0.192.